The summed E-state index contributed by atoms with van der Waals surface area (Å²) in [6.07, 6.45) is 0.00138. The molecule has 3 rings (SSSR count). The van der Waals surface area contributed by atoms with Crippen LogP contribution < -0.4 is 10.2 Å². The predicted octanol–water partition coefficient (Wildman–Crippen LogP) is 2.97. The summed E-state index contributed by atoms with van der Waals surface area (Å²) in [5.41, 5.74) is 2.19. The SMILES string of the molecule is COC(=O)c1ccc(NC(=O)COC(=O)[C@@H]2CC(=O)N(c3cccc(Cl)c3C)C2)cc1. The summed E-state index contributed by atoms with van der Waals surface area (Å²) in [4.78, 5) is 49.8. The minimum Gasteiger partial charge on any atom is -0.465 e. The molecule has 1 atom stereocenters. The van der Waals surface area contributed by atoms with E-state index < -0.39 is 30.4 Å². The van der Waals surface area contributed by atoms with Crippen molar-refractivity contribution in [3.8, 4) is 0 Å². The summed E-state index contributed by atoms with van der Waals surface area (Å²) in [6.45, 7) is 1.48. The molecule has 0 radical (unpaired) electrons. The van der Waals surface area contributed by atoms with Crippen LogP contribution in [-0.2, 0) is 23.9 Å². The second-order valence-electron chi connectivity index (χ2n) is 7.01. The number of hydrogen-bond acceptors (Lipinski definition) is 6. The Labute approximate surface area is 184 Å². The van der Waals surface area contributed by atoms with Crippen LogP contribution in [0.2, 0.25) is 5.02 Å². The van der Waals surface area contributed by atoms with Crippen LogP contribution in [0.3, 0.4) is 0 Å². The van der Waals surface area contributed by atoms with Gasteiger partial charge in [-0.05, 0) is 48.9 Å². The van der Waals surface area contributed by atoms with Gasteiger partial charge in [0.25, 0.3) is 5.91 Å². The normalized spacial score (nSPS) is 15.5. The Morgan fingerprint density at radius 1 is 1.16 bits per heavy atom. The Kier molecular flexibility index (Phi) is 6.91. The van der Waals surface area contributed by atoms with Crippen molar-refractivity contribution < 1.29 is 28.7 Å². The maximum atomic E-state index is 12.4. The zero-order chi connectivity index (χ0) is 22.5. The summed E-state index contributed by atoms with van der Waals surface area (Å²) in [7, 11) is 1.28. The van der Waals surface area contributed by atoms with Crippen LogP contribution in [0.1, 0.15) is 22.3 Å². The molecule has 162 valence electrons. The molecule has 1 fully saturated rings. The molecule has 1 aliphatic rings. The van der Waals surface area contributed by atoms with Crippen molar-refractivity contribution in [3.05, 3.63) is 58.6 Å². The molecule has 2 aromatic rings. The lowest BCUT2D eigenvalue weighted by atomic mass is 10.1. The number of amides is 2. The summed E-state index contributed by atoms with van der Waals surface area (Å²) in [5.74, 6) is -2.52. The van der Waals surface area contributed by atoms with Gasteiger partial charge in [-0.25, -0.2) is 4.79 Å². The van der Waals surface area contributed by atoms with Gasteiger partial charge in [0.2, 0.25) is 5.91 Å². The number of carbonyl (C=O) groups excluding carboxylic acids is 4. The molecule has 8 nitrogen and oxygen atoms in total. The molecule has 31 heavy (non-hydrogen) atoms. The van der Waals surface area contributed by atoms with Crippen molar-refractivity contribution in [1.82, 2.24) is 0 Å². The minimum atomic E-state index is -0.668. The molecular formula is C22H21ClN2O6. The average molecular weight is 445 g/mol. The maximum absolute atomic E-state index is 12.4. The number of esters is 2. The van der Waals surface area contributed by atoms with E-state index in [1.807, 2.05) is 0 Å². The number of halogens is 1. The summed E-state index contributed by atoms with van der Waals surface area (Å²) in [5, 5.41) is 3.10. The Morgan fingerprint density at radius 3 is 2.55 bits per heavy atom. The standard InChI is InChI=1S/C22H21ClN2O6/c1-13-17(23)4-3-5-18(13)25-11-15(10-20(25)27)22(29)31-12-19(26)24-16-8-6-14(7-9-16)21(28)30-2/h3-9,15H,10-12H2,1-2H3,(H,24,26)/t15-/m1/s1. The highest BCUT2D eigenvalue weighted by Gasteiger charge is 2.37. The van der Waals surface area contributed by atoms with Crippen molar-refractivity contribution >= 4 is 46.7 Å². The van der Waals surface area contributed by atoms with Gasteiger partial charge in [-0.1, -0.05) is 17.7 Å². The highest BCUT2D eigenvalue weighted by atomic mass is 35.5. The molecule has 0 aliphatic carbocycles. The monoisotopic (exact) mass is 444 g/mol. The average Bonchev–Trinajstić information content (AvgIpc) is 3.15. The third-order valence-corrected chi connectivity index (χ3v) is 5.33. The smallest absolute Gasteiger partial charge is 0.337 e. The minimum absolute atomic E-state index is 0.00138. The van der Waals surface area contributed by atoms with Gasteiger partial charge in [-0.15, -0.1) is 0 Å². The Balaban J connectivity index is 1.52. The second kappa shape index (κ2) is 9.61. The van der Waals surface area contributed by atoms with E-state index >= 15 is 0 Å². The first-order valence-corrected chi connectivity index (χ1v) is 9.88. The van der Waals surface area contributed by atoms with E-state index in [0.717, 1.165) is 5.56 Å². The summed E-state index contributed by atoms with van der Waals surface area (Å²) < 4.78 is 9.70. The van der Waals surface area contributed by atoms with Gasteiger partial charge in [0.15, 0.2) is 6.61 Å². The van der Waals surface area contributed by atoms with Crippen LogP contribution in [-0.4, -0.2) is 44.0 Å². The van der Waals surface area contributed by atoms with E-state index in [1.165, 1.54) is 36.3 Å². The number of carbonyl (C=O) groups is 4. The van der Waals surface area contributed by atoms with Gasteiger partial charge in [0, 0.05) is 29.4 Å². The summed E-state index contributed by atoms with van der Waals surface area (Å²) >= 11 is 6.12. The van der Waals surface area contributed by atoms with Gasteiger partial charge in [0.1, 0.15) is 0 Å². The lowest BCUT2D eigenvalue weighted by molar-refractivity contribution is -0.151. The first-order chi connectivity index (χ1) is 14.8. The van der Waals surface area contributed by atoms with Crippen LogP contribution in [0.5, 0.6) is 0 Å². The van der Waals surface area contributed by atoms with E-state index in [0.29, 0.717) is 22.0 Å². The van der Waals surface area contributed by atoms with E-state index in [9.17, 15) is 19.2 Å². The number of nitrogens with one attached hydrogen (secondary N) is 1. The van der Waals surface area contributed by atoms with Crippen LogP contribution in [0, 0.1) is 12.8 Å². The molecule has 1 N–H and O–H groups in total. The van der Waals surface area contributed by atoms with E-state index in [2.05, 4.69) is 10.1 Å². The molecule has 2 amide bonds. The number of anilines is 2. The van der Waals surface area contributed by atoms with E-state index in [4.69, 9.17) is 16.3 Å². The van der Waals surface area contributed by atoms with Crippen LogP contribution in [0.4, 0.5) is 11.4 Å². The van der Waals surface area contributed by atoms with Crippen molar-refractivity contribution in [3.63, 3.8) is 0 Å². The Morgan fingerprint density at radius 2 is 1.87 bits per heavy atom. The predicted molar refractivity (Wildman–Crippen MR) is 114 cm³/mol. The fourth-order valence-corrected chi connectivity index (χ4v) is 3.42. The largest absolute Gasteiger partial charge is 0.465 e. The topological polar surface area (TPSA) is 102 Å². The molecule has 0 aromatic heterocycles. The summed E-state index contributed by atoms with van der Waals surface area (Å²) in [6, 6.07) is 11.3. The molecule has 1 aliphatic heterocycles. The number of rotatable bonds is 6. The molecule has 0 bridgehead atoms. The van der Waals surface area contributed by atoms with Crippen molar-refractivity contribution in [2.24, 2.45) is 5.92 Å². The van der Waals surface area contributed by atoms with Gasteiger partial charge >= 0.3 is 11.9 Å². The fraction of sp³-hybridized carbons (Fsp3) is 0.273. The highest BCUT2D eigenvalue weighted by molar-refractivity contribution is 6.31. The van der Waals surface area contributed by atoms with Gasteiger partial charge in [-0.3, -0.25) is 14.4 Å². The molecule has 9 heteroatoms. The molecule has 0 saturated carbocycles. The number of methoxy groups -OCH3 is 1. The van der Waals surface area contributed by atoms with Crippen molar-refractivity contribution in [2.75, 3.05) is 30.5 Å². The molecule has 0 unspecified atom stereocenters. The molecule has 2 aromatic carbocycles. The van der Waals surface area contributed by atoms with Gasteiger partial charge < -0.3 is 19.7 Å². The van der Waals surface area contributed by atoms with Crippen molar-refractivity contribution in [2.45, 2.75) is 13.3 Å². The number of ether oxygens (including phenoxy) is 2. The first-order valence-electron chi connectivity index (χ1n) is 9.50. The lowest BCUT2D eigenvalue weighted by Gasteiger charge is -2.19. The third-order valence-electron chi connectivity index (χ3n) is 4.92. The zero-order valence-electron chi connectivity index (χ0n) is 17.0. The van der Waals surface area contributed by atoms with Gasteiger partial charge in [0.05, 0.1) is 18.6 Å². The lowest BCUT2D eigenvalue weighted by Crippen LogP contribution is -2.28. The van der Waals surface area contributed by atoms with E-state index in [1.54, 1.807) is 25.1 Å². The van der Waals surface area contributed by atoms with Crippen LogP contribution in [0.15, 0.2) is 42.5 Å². The van der Waals surface area contributed by atoms with E-state index in [-0.39, 0.29) is 18.9 Å². The number of hydrogen-bond donors (Lipinski definition) is 1. The number of benzene rings is 2. The van der Waals surface area contributed by atoms with Crippen LogP contribution in [0.25, 0.3) is 0 Å². The third kappa shape index (κ3) is 5.21. The molecular weight excluding hydrogens is 424 g/mol. The quantitative estimate of drug-likeness (QED) is 0.687. The Bertz CT molecular complexity index is 1020. The zero-order valence-corrected chi connectivity index (χ0v) is 17.8. The molecule has 1 saturated heterocycles. The highest BCUT2D eigenvalue weighted by Crippen LogP contribution is 2.31. The van der Waals surface area contributed by atoms with Crippen LogP contribution >= 0.6 is 11.6 Å². The first kappa shape index (κ1) is 22.3. The Hall–Kier alpha value is -3.39. The van der Waals surface area contributed by atoms with Crippen molar-refractivity contribution in [1.29, 1.82) is 0 Å². The maximum Gasteiger partial charge on any atom is 0.337 e. The molecule has 1 heterocycles. The fourth-order valence-electron chi connectivity index (χ4n) is 3.25. The molecule has 0 spiro atoms. The number of nitrogens with zero attached hydrogens (tertiary/aromatic N) is 1. The van der Waals surface area contributed by atoms with Gasteiger partial charge in [-0.2, -0.15) is 0 Å². The second-order valence-corrected chi connectivity index (χ2v) is 7.42.